The van der Waals surface area contributed by atoms with Gasteiger partial charge in [-0.3, -0.25) is 19.2 Å². The Balaban J connectivity index is 1.93. The van der Waals surface area contributed by atoms with E-state index >= 15 is 4.39 Å². The summed E-state index contributed by atoms with van der Waals surface area (Å²) in [5, 5.41) is 0.189. The summed E-state index contributed by atoms with van der Waals surface area (Å²) in [5.74, 6) is -2.54. The molecule has 0 amide bonds. The van der Waals surface area contributed by atoms with Gasteiger partial charge in [-0.2, -0.15) is 13.2 Å². The molecule has 11 heteroatoms. The highest BCUT2D eigenvalue weighted by Crippen LogP contribution is 2.40. The van der Waals surface area contributed by atoms with Gasteiger partial charge in [-0.05, 0) is 37.8 Å². The number of hydrogen-bond acceptors (Lipinski definition) is 5. The van der Waals surface area contributed by atoms with Crippen LogP contribution in [0.5, 0.6) is 0 Å². The molecule has 2 aliphatic carbocycles. The highest BCUT2D eigenvalue weighted by Gasteiger charge is 2.52. The molecule has 0 aromatic carbocycles. The third kappa shape index (κ3) is 3.18. The van der Waals surface area contributed by atoms with Crippen LogP contribution in [0.15, 0.2) is 9.59 Å². The molecule has 2 heterocycles. The largest absolute Gasteiger partial charge is 0.497 e. The number of fused-ring (bicyclic) bond motifs is 1. The van der Waals surface area contributed by atoms with Crippen molar-refractivity contribution < 1.29 is 22.3 Å². The minimum atomic E-state index is -4.46. The molecular formula is C19H24F4N4O3. The molecular weight excluding hydrogens is 408 g/mol. The molecule has 1 aliphatic heterocycles. The summed E-state index contributed by atoms with van der Waals surface area (Å²) in [6.45, 7) is 0.761. The Kier molecular flexibility index (Phi) is 5.08. The number of nitrogens with zero attached hydrogens (tertiary/aromatic N) is 2. The minimum absolute atomic E-state index is 0.0109. The Morgan fingerprint density at radius 2 is 1.90 bits per heavy atom. The van der Waals surface area contributed by atoms with Gasteiger partial charge in [0.05, 0.1) is 23.6 Å². The van der Waals surface area contributed by atoms with Crippen LogP contribution in [0.4, 0.5) is 17.6 Å². The zero-order valence-corrected chi connectivity index (χ0v) is 16.6. The number of rotatable bonds is 4. The van der Waals surface area contributed by atoms with Crippen LogP contribution in [0.3, 0.4) is 0 Å². The number of halogens is 4. The van der Waals surface area contributed by atoms with Crippen molar-refractivity contribution in [2.24, 2.45) is 17.6 Å². The maximum atomic E-state index is 15.6. The molecule has 166 valence electrons. The van der Waals surface area contributed by atoms with E-state index in [1.807, 2.05) is 0 Å². The molecule has 0 radical (unpaired) electrons. The van der Waals surface area contributed by atoms with Crippen LogP contribution in [0, 0.1) is 11.8 Å². The van der Waals surface area contributed by atoms with E-state index in [1.165, 1.54) is 23.5 Å². The molecule has 0 spiro atoms. The van der Waals surface area contributed by atoms with Gasteiger partial charge in [-0.1, -0.05) is 0 Å². The number of ether oxygens (including phenoxy) is 1. The Hall–Kier alpha value is -2.14. The summed E-state index contributed by atoms with van der Waals surface area (Å²) in [6, 6.07) is -1.33. The van der Waals surface area contributed by atoms with Gasteiger partial charge in [0.25, 0.3) is 5.56 Å². The molecule has 3 N–H and O–H groups in total. The fraction of sp³-hybridized carbons (Fsp3) is 0.684. The van der Waals surface area contributed by atoms with E-state index < -0.39 is 48.0 Å². The lowest BCUT2D eigenvalue weighted by atomic mass is 9.94. The van der Waals surface area contributed by atoms with E-state index in [4.69, 9.17) is 10.5 Å². The minimum Gasteiger partial charge on any atom is -0.497 e. The van der Waals surface area contributed by atoms with Gasteiger partial charge in [0.1, 0.15) is 18.0 Å². The van der Waals surface area contributed by atoms with Crippen LogP contribution >= 0.6 is 0 Å². The number of nitrogens with one attached hydrogen (secondary N) is 1. The standard InChI is InChI=1S/C19H24F4N4O3/c1-8-12-14(27(10-3-4-10)18(29)25-17(12)28)16(30-2)15(13(8)20)26-6-9(5-24)11(7-26)19(21,22)23/h9-11,13,15H,3-7,24H2,1-2H3,(H,25,28,29). The van der Waals surface area contributed by atoms with E-state index in [0.29, 0.717) is 12.8 Å². The van der Waals surface area contributed by atoms with E-state index in [-0.39, 0.29) is 41.0 Å². The van der Waals surface area contributed by atoms with Crippen molar-refractivity contribution in [2.45, 2.75) is 44.2 Å². The molecule has 2 fully saturated rings. The summed E-state index contributed by atoms with van der Waals surface area (Å²) in [7, 11) is 1.28. The Bertz CT molecular complexity index is 1090. The first-order valence-corrected chi connectivity index (χ1v) is 9.88. The number of aromatic nitrogens is 2. The fourth-order valence-corrected chi connectivity index (χ4v) is 4.80. The molecule has 30 heavy (non-hydrogen) atoms. The Labute approximate surface area is 168 Å². The molecule has 7 nitrogen and oxygen atoms in total. The second-order valence-electron chi connectivity index (χ2n) is 8.28. The highest BCUT2D eigenvalue weighted by molar-refractivity contribution is 5.60. The van der Waals surface area contributed by atoms with Crippen molar-refractivity contribution in [2.75, 3.05) is 26.7 Å². The summed E-state index contributed by atoms with van der Waals surface area (Å²) in [4.78, 5) is 28.6. The average molecular weight is 432 g/mol. The first-order valence-electron chi connectivity index (χ1n) is 9.88. The van der Waals surface area contributed by atoms with Crippen molar-refractivity contribution in [3.63, 3.8) is 0 Å². The van der Waals surface area contributed by atoms with Crippen molar-refractivity contribution >= 4 is 11.3 Å². The third-order valence-corrected chi connectivity index (χ3v) is 6.45. The summed E-state index contributed by atoms with van der Waals surface area (Å²) in [5.41, 5.74) is 4.29. The molecule has 1 saturated carbocycles. The fourth-order valence-electron chi connectivity index (χ4n) is 4.80. The van der Waals surface area contributed by atoms with Crippen LogP contribution in [0.25, 0.3) is 11.3 Å². The van der Waals surface area contributed by atoms with Crippen molar-refractivity contribution in [1.82, 2.24) is 14.5 Å². The SMILES string of the molecule is COC1=c2c(c(=O)[nH]c(=O)n2C2CC2)=C(C)C(F)C1N1CC(CN)C(C(F)(F)F)C1. The first-order chi connectivity index (χ1) is 14.1. The maximum absolute atomic E-state index is 15.6. The van der Waals surface area contributed by atoms with E-state index in [2.05, 4.69) is 4.98 Å². The molecule has 0 bridgehead atoms. The molecule has 4 rings (SSSR count). The van der Waals surface area contributed by atoms with Crippen LogP contribution in [0.1, 0.15) is 25.8 Å². The van der Waals surface area contributed by atoms with Gasteiger partial charge in [0.2, 0.25) is 0 Å². The zero-order valence-electron chi connectivity index (χ0n) is 16.6. The number of nitrogens with two attached hydrogens (primary N) is 1. The highest BCUT2D eigenvalue weighted by atomic mass is 19.4. The van der Waals surface area contributed by atoms with Crippen molar-refractivity contribution in [3.8, 4) is 0 Å². The average Bonchev–Trinajstić information content (AvgIpc) is 3.40. The smallest absolute Gasteiger partial charge is 0.393 e. The number of H-pyrrole nitrogens is 1. The van der Waals surface area contributed by atoms with Crippen molar-refractivity contribution in [1.29, 1.82) is 0 Å². The second kappa shape index (κ2) is 7.23. The van der Waals surface area contributed by atoms with Crippen LogP contribution in [0.2, 0.25) is 0 Å². The lowest BCUT2D eigenvalue weighted by molar-refractivity contribution is -0.179. The van der Waals surface area contributed by atoms with Gasteiger partial charge in [-0.25, -0.2) is 9.18 Å². The number of methoxy groups -OCH3 is 1. The van der Waals surface area contributed by atoms with E-state index in [9.17, 15) is 22.8 Å². The second-order valence-corrected chi connectivity index (χ2v) is 8.28. The van der Waals surface area contributed by atoms with E-state index in [1.54, 1.807) is 0 Å². The zero-order chi connectivity index (χ0) is 22.0. The maximum Gasteiger partial charge on any atom is 0.393 e. The van der Waals surface area contributed by atoms with Crippen LogP contribution in [-0.4, -0.2) is 59.6 Å². The molecule has 3 aliphatic rings. The topological polar surface area (TPSA) is 93.3 Å². The predicted molar refractivity (Wildman–Crippen MR) is 101 cm³/mol. The van der Waals surface area contributed by atoms with Crippen LogP contribution < -0.4 is 27.6 Å². The number of alkyl halides is 4. The number of likely N-dealkylation sites (tertiary alicyclic amines) is 1. The van der Waals surface area contributed by atoms with Gasteiger partial charge in [-0.15, -0.1) is 0 Å². The first kappa shape index (κ1) is 21.1. The van der Waals surface area contributed by atoms with Gasteiger partial charge < -0.3 is 10.5 Å². The predicted octanol–water partition coefficient (Wildman–Crippen LogP) is -0.414. The van der Waals surface area contributed by atoms with Gasteiger partial charge in [0.15, 0.2) is 0 Å². The van der Waals surface area contributed by atoms with Crippen molar-refractivity contribution in [3.05, 3.63) is 31.4 Å². The number of aromatic amines is 1. The summed E-state index contributed by atoms with van der Waals surface area (Å²) >= 11 is 0. The summed E-state index contributed by atoms with van der Waals surface area (Å²) < 4.78 is 62.9. The van der Waals surface area contributed by atoms with Crippen LogP contribution in [-0.2, 0) is 4.74 Å². The Morgan fingerprint density at radius 1 is 1.23 bits per heavy atom. The molecule has 1 aromatic heterocycles. The normalized spacial score (nSPS) is 30.0. The molecule has 4 atom stereocenters. The molecule has 1 saturated heterocycles. The number of hydrogen-bond donors (Lipinski definition) is 2. The third-order valence-electron chi connectivity index (χ3n) is 6.45. The van der Waals surface area contributed by atoms with Gasteiger partial charge in [0, 0.05) is 19.1 Å². The molecule has 4 unspecified atom stereocenters. The lowest BCUT2D eigenvalue weighted by Crippen LogP contribution is -2.62. The van der Waals surface area contributed by atoms with Gasteiger partial charge >= 0.3 is 11.9 Å². The van der Waals surface area contributed by atoms with E-state index in [0.717, 1.165) is 0 Å². The Morgan fingerprint density at radius 3 is 2.40 bits per heavy atom. The summed E-state index contributed by atoms with van der Waals surface area (Å²) in [6.07, 6.45) is -4.79. The monoisotopic (exact) mass is 432 g/mol. The lowest BCUT2D eigenvalue weighted by Gasteiger charge is -2.34. The quantitative estimate of drug-likeness (QED) is 0.631. The molecule has 1 aromatic rings.